The number of pyridine rings is 1. The Morgan fingerprint density at radius 3 is 2.59 bits per heavy atom. The third-order valence-corrected chi connectivity index (χ3v) is 2.84. The molecule has 0 atom stereocenters. The number of ether oxygens (including phenoxy) is 1. The van der Waals surface area contributed by atoms with Gasteiger partial charge in [-0.1, -0.05) is 20.8 Å². The highest BCUT2D eigenvalue weighted by Crippen LogP contribution is 2.24. The molecule has 2 N–H and O–H groups in total. The number of anilines is 1. The largest absolute Gasteiger partial charge is 0.417 e. The van der Waals surface area contributed by atoms with Crippen LogP contribution in [0.2, 0.25) is 0 Å². The van der Waals surface area contributed by atoms with Crippen molar-refractivity contribution in [2.24, 2.45) is 0 Å². The maximum atomic E-state index is 12.3. The molecule has 1 amide bonds. The SMILES string of the molecule is CC(C)(C)c1[nH]ncc1C(=O)Nc1ccc(OC(F)F)nc1. The first kappa shape index (κ1) is 15.9. The molecule has 2 rings (SSSR count). The number of alkyl halides is 2. The normalized spacial score (nSPS) is 11.5. The van der Waals surface area contributed by atoms with E-state index in [1.54, 1.807) is 0 Å². The Labute approximate surface area is 125 Å². The molecule has 6 nitrogen and oxygen atoms in total. The van der Waals surface area contributed by atoms with Crippen molar-refractivity contribution in [2.45, 2.75) is 32.8 Å². The number of carbonyl (C=O) groups is 1. The zero-order chi connectivity index (χ0) is 16.3. The van der Waals surface area contributed by atoms with E-state index in [2.05, 4.69) is 25.2 Å². The molecule has 2 aromatic rings. The van der Waals surface area contributed by atoms with Crippen LogP contribution in [0, 0.1) is 0 Å². The number of rotatable bonds is 4. The van der Waals surface area contributed by atoms with Crippen molar-refractivity contribution in [2.75, 3.05) is 5.32 Å². The Hall–Kier alpha value is -2.51. The minimum Gasteiger partial charge on any atom is -0.417 e. The Bertz CT molecular complexity index is 648. The van der Waals surface area contributed by atoms with E-state index in [0.717, 1.165) is 0 Å². The van der Waals surface area contributed by atoms with E-state index in [4.69, 9.17) is 0 Å². The summed E-state index contributed by atoms with van der Waals surface area (Å²) >= 11 is 0. The maximum Gasteiger partial charge on any atom is 0.388 e. The summed E-state index contributed by atoms with van der Waals surface area (Å²) in [6, 6.07) is 2.68. The van der Waals surface area contributed by atoms with Gasteiger partial charge >= 0.3 is 6.61 Å². The summed E-state index contributed by atoms with van der Waals surface area (Å²) in [4.78, 5) is 15.9. The number of aromatic nitrogens is 3. The standard InChI is InChI=1S/C14H16F2N4O2/c1-14(2,3)11-9(7-18-20-11)12(21)19-8-4-5-10(17-6-8)22-13(15)16/h4-7,13H,1-3H3,(H,18,20)(H,19,21). The van der Waals surface area contributed by atoms with Crippen molar-refractivity contribution in [3.63, 3.8) is 0 Å². The minimum atomic E-state index is -2.94. The summed E-state index contributed by atoms with van der Waals surface area (Å²) < 4.78 is 28.2. The number of amides is 1. The lowest BCUT2D eigenvalue weighted by Gasteiger charge is -2.18. The second kappa shape index (κ2) is 6.08. The van der Waals surface area contributed by atoms with Crippen LogP contribution in [-0.2, 0) is 5.41 Å². The van der Waals surface area contributed by atoms with Gasteiger partial charge in [-0.2, -0.15) is 13.9 Å². The molecular weight excluding hydrogens is 294 g/mol. The van der Waals surface area contributed by atoms with Gasteiger partial charge in [0.1, 0.15) is 0 Å². The number of aromatic amines is 1. The van der Waals surface area contributed by atoms with E-state index >= 15 is 0 Å². The van der Waals surface area contributed by atoms with Gasteiger partial charge in [0, 0.05) is 11.5 Å². The quantitative estimate of drug-likeness (QED) is 0.910. The highest BCUT2D eigenvalue weighted by molar-refractivity contribution is 6.05. The summed E-state index contributed by atoms with van der Waals surface area (Å²) in [6.07, 6.45) is 2.68. The van der Waals surface area contributed by atoms with E-state index in [9.17, 15) is 13.6 Å². The fraction of sp³-hybridized carbons (Fsp3) is 0.357. The van der Waals surface area contributed by atoms with Gasteiger partial charge in [0.2, 0.25) is 5.88 Å². The summed E-state index contributed by atoms with van der Waals surface area (Å²) in [5.41, 5.74) is 1.22. The Morgan fingerprint density at radius 1 is 1.32 bits per heavy atom. The third kappa shape index (κ3) is 3.78. The molecule has 22 heavy (non-hydrogen) atoms. The number of halogens is 2. The minimum absolute atomic E-state index is 0.216. The number of hydrogen-bond acceptors (Lipinski definition) is 4. The molecule has 118 valence electrons. The van der Waals surface area contributed by atoms with Crippen molar-refractivity contribution in [1.29, 1.82) is 0 Å². The zero-order valence-electron chi connectivity index (χ0n) is 12.4. The van der Waals surface area contributed by atoms with Crippen molar-refractivity contribution < 1.29 is 18.3 Å². The average Bonchev–Trinajstić information content (AvgIpc) is 2.89. The summed E-state index contributed by atoms with van der Waals surface area (Å²) in [7, 11) is 0. The van der Waals surface area contributed by atoms with Gasteiger partial charge in [0.15, 0.2) is 0 Å². The number of H-pyrrole nitrogens is 1. The lowest BCUT2D eigenvalue weighted by molar-refractivity contribution is -0.0528. The molecule has 0 radical (unpaired) electrons. The van der Waals surface area contributed by atoms with Gasteiger partial charge in [-0.25, -0.2) is 4.98 Å². The van der Waals surface area contributed by atoms with Gasteiger partial charge in [0.05, 0.1) is 29.3 Å². The number of carbonyl (C=O) groups excluding carboxylic acids is 1. The Balaban J connectivity index is 2.11. The Morgan fingerprint density at radius 2 is 2.05 bits per heavy atom. The van der Waals surface area contributed by atoms with Crippen LogP contribution in [0.25, 0.3) is 0 Å². The van der Waals surface area contributed by atoms with Crippen LogP contribution in [0.3, 0.4) is 0 Å². The van der Waals surface area contributed by atoms with E-state index < -0.39 is 6.61 Å². The third-order valence-electron chi connectivity index (χ3n) is 2.84. The molecule has 0 saturated carbocycles. The van der Waals surface area contributed by atoms with E-state index in [1.165, 1.54) is 24.5 Å². The van der Waals surface area contributed by atoms with E-state index in [1.807, 2.05) is 20.8 Å². The lowest BCUT2D eigenvalue weighted by atomic mass is 9.89. The number of hydrogen-bond donors (Lipinski definition) is 2. The van der Waals surface area contributed by atoms with Crippen molar-refractivity contribution in [3.8, 4) is 5.88 Å². The first-order chi connectivity index (χ1) is 10.3. The monoisotopic (exact) mass is 310 g/mol. The fourth-order valence-corrected chi connectivity index (χ4v) is 1.84. The van der Waals surface area contributed by atoms with Gasteiger partial charge in [-0.15, -0.1) is 0 Å². The number of nitrogens with one attached hydrogen (secondary N) is 2. The molecule has 0 spiro atoms. The van der Waals surface area contributed by atoms with Crippen molar-refractivity contribution in [1.82, 2.24) is 15.2 Å². The van der Waals surface area contributed by atoms with Crippen LogP contribution < -0.4 is 10.1 Å². The second-order valence-electron chi connectivity index (χ2n) is 5.63. The molecule has 2 heterocycles. The van der Waals surface area contributed by atoms with Crippen LogP contribution in [0.1, 0.15) is 36.8 Å². The smallest absolute Gasteiger partial charge is 0.388 e. The molecule has 0 saturated heterocycles. The first-order valence-corrected chi connectivity index (χ1v) is 6.53. The molecule has 0 aliphatic rings. The van der Waals surface area contributed by atoms with Gasteiger partial charge in [-0.05, 0) is 6.07 Å². The highest BCUT2D eigenvalue weighted by Gasteiger charge is 2.24. The van der Waals surface area contributed by atoms with Gasteiger partial charge < -0.3 is 10.1 Å². The molecule has 0 aliphatic carbocycles. The van der Waals surface area contributed by atoms with Crippen LogP contribution in [0.15, 0.2) is 24.5 Å². The van der Waals surface area contributed by atoms with E-state index in [0.29, 0.717) is 16.9 Å². The summed E-state index contributed by atoms with van der Waals surface area (Å²) in [6.45, 7) is 2.92. The molecular formula is C14H16F2N4O2. The molecule has 2 aromatic heterocycles. The molecule has 8 heteroatoms. The number of nitrogens with zero attached hydrogens (tertiary/aromatic N) is 2. The molecule has 0 unspecified atom stereocenters. The van der Waals surface area contributed by atoms with Gasteiger partial charge in [-0.3, -0.25) is 9.89 Å². The van der Waals surface area contributed by atoms with E-state index in [-0.39, 0.29) is 17.2 Å². The predicted molar refractivity (Wildman–Crippen MR) is 76.1 cm³/mol. The average molecular weight is 310 g/mol. The maximum absolute atomic E-state index is 12.3. The first-order valence-electron chi connectivity index (χ1n) is 6.53. The fourth-order valence-electron chi connectivity index (χ4n) is 1.84. The van der Waals surface area contributed by atoms with Crippen LogP contribution in [-0.4, -0.2) is 27.7 Å². The molecule has 0 aromatic carbocycles. The molecule has 0 fully saturated rings. The van der Waals surface area contributed by atoms with Crippen molar-refractivity contribution >= 4 is 11.6 Å². The van der Waals surface area contributed by atoms with Crippen LogP contribution in [0.4, 0.5) is 14.5 Å². The van der Waals surface area contributed by atoms with Crippen LogP contribution >= 0.6 is 0 Å². The predicted octanol–water partition coefficient (Wildman–Crippen LogP) is 2.96. The van der Waals surface area contributed by atoms with Crippen molar-refractivity contribution in [3.05, 3.63) is 35.8 Å². The topological polar surface area (TPSA) is 79.9 Å². The van der Waals surface area contributed by atoms with Crippen LogP contribution in [0.5, 0.6) is 5.88 Å². The Kier molecular flexibility index (Phi) is 4.39. The highest BCUT2D eigenvalue weighted by atomic mass is 19.3. The molecule has 0 bridgehead atoms. The zero-order valence-corrected chi connectivity index (χ0v) is 12.4. The van der Waals surface area contributed by atoms with Gasteiger partial charge in [0.25, 0.3) is 5.91 Å². The summed E-state index contributed by atoms with van der Waals surface area (Å²) in [5.74, 6) is -0.574. The second-order valence-corrected chi connectivity index (χ2v) is 5.63. The molecule has 0 aliphatic heterocycles. The lowest BCUT2D eigenvalue weighted by Crippen LogP contribution is -2.20. The summed E-state index contributed by atoms with van der Waals surface area (Å²) in [5, 5.41) is 9.34.